The molecule has 0 aliphatic carbocycles. The third-order valence-corrected chi connectivity index (χ3v) is 6.54. The fourth-order valence-electron chi connectivity index (χ4n) is 4.41. The second-order valence-electron chi connectivity index (χ2n) is 8.13. The molecule has 5 rings (SSSR count). The van der Waals surface area contributed by atoms with Crippen molar-refractivity contribution in [3.05, 3.63) is 46.4 Å². The van der Waals surface area contributed by atoms with Gasteiger partial charge in [-0.1, -0.05) is 24.6 Å². The molecule has 2 saturated heterocycles. The first-order valence-corrected chi connectivity index (χ1v) is 10.9. The second kappa shape index (κ2) is 7.60. The quantitative estimate of drug-likeness (QED) is 0.621. The zero-order valence-corrected chi connectivity index (χ0v) is 18.3. The summed E-state index contributed by atoms with van der Waals surface area (Å²) >= 11 is 6.74. The van der Waals surface area contributed by atoms with Crippen LogP contribution in [0.3, 0.4) is 0 Å². The fourth-order valence-corrected chi connectivity index (χ4v) is 4.78. The van der Waals surface area contributed by atoms with Crippen LogP contribution in [0.15, 0.2) is 24.4 Å². The van der Waals surface area contributed by atoms with Crippen LogP contribution in [0, 0.1) is 12.8 Å². The van der Waals surface area contributed by atoms with Gasteiger partial charge in [0.15, 0.2) is 0 Å². The van der Waals surface area contributed by atoms with Crippen molar-refractivity contribution in [3.63, 3.8) is 0 Å². The number of rotatable bonds is 5. The van der Waals surface area contributed by atoms with E-state index in [0.717, 1.165) is 64.7 Å². The van der Waals surface area contributed by atoms with E-state index in [0.29, 0.717) is 23.6 Å². The standard InChI is InChI=1S/C23H26ClN5O/c1-4-6-17-13(3)7-15(10-26-17)30-20-8-18-21(22(24)16(5-2)27-18)23(28-20)29-11-14-9-25-19(14)12-29/h4,6-8,10,14,19,25,27H,5,9,11-12H2,1-3H3/b6-4-. The fraction of sp³-hybridized carbons (Fsp3) is 0.391. The van der Waals surface area contributed by atoms with E-state index in [1.807, 2.05) is 38.1 Å². The summed E-state index contributed by atoms with van der Waals surface area (Å²) in [6.07, 6.45) is 6.55. The molecule has 2 unspecified atom stereocenters. The van der Waals surface area contributed by atoms with E-state index in [9.17, 15) is 0 Å². The number of nitrogens with one attached hydrogen (secondary N) is 2. The average molecular weight is 424 g/mol. The Morgan fingerprint density at radius 3 is 2.83 bits per heavy atom. The highest BCUT2D eigenvalue weighted by atomic mass is 35.5. The molecule has 2 N–H and O–H groups in total. The number of aryl methyl sites for hydroxylation is 2. The molecule has 30 heavy (non-hydrogen) atoms. The van der Waals surface area contributed by atoms with Gasteiger partial charge in [-0.3, -0.25) is 4.98 Å². The van der Waals surface area contributed by atoms with Crippen LogP contribution in [-0.2, 0) is 6.42 Å². The molecule has 0 amide bonds. The van der Waals surface area contributed by atoms with Gasteiger partial charge in [0.1, 0.15) is 11.6 Å². The lowest BCUT2D eigenvalue weighted by Crippen LogP contribution is -2.51. The SMILES string of the molecule is C/C=C\c1ncc(Oc2cc3[nH]c(CC)c(Cl)c3c(N3CC4CNC4C3)n2)cc1C. The first-order valence-electron chi connectivity index (χ1n) is 10.5. The number of ether oxygens (including phenoxy) is 1. The van der Waals surface area contributed by atoms with Gasteiger partial charge in [-0.2, -0.15) is 4.98 Å². The highest BCUT2D eigenvalue weighted by molar-refractivity contribution is 6.37. The third-order valence-electron chi connectivity index (χ3n) is 6.12. The van der Waals surface area contributed by atoms with Crippen molar-refractivity contribution in [2.75, 3.05) is 24.5 Å². The molecule has 2 aliphatic rings. The molecule has 0 radical (unpaired) electrons. The Balaban J connectivity index is 1.55. The lowest BCUT2D eigenvalue weighted by Gasteiger charge is -2.29. The summed E-state index contributed by atoms with van der Waals surface area (Å²) in [6.45, 7) is 9.12. The zero-order chi connectivity index (χ0) is 20.8. The van der Waals surface area contributed by atoms with Crippen LogP contribution in [0.25, 0.3) is 17.0 Å². The second-order valence-corrected chi connectivity index (χ2v) is 8.51. The van der Waals surface area contributed by atoms with Crippen molar-refractivity contribution in [2.45, 2.75) is 33.2 Å². The van der Waals surface area contributed by atoms with Crippen molar-refractivity contribution in [3.8, 4) is 11.6 Å². The van der Waals surface area contributed by atoms with Crippen molar-refractivity contribution in [2.24, 2.45) is 5.92 Å². The van der Waals surface area contributed by atoms with E-state index in [-0.39, 0.29) is 0 Å². The number of pyridine rings is 2. The Kier molecular flexibility index (Phi) is 4.91. The number of hydrogen-bond donors (Lipinski definition) is 2. The number of fused-ring (bicyclic) bond motifs is 2. The highest BCUT2D eigenvalue weighted by Crippen LogP contribution is 2.40. The molecular formula is C23H26ClN5O. The Morgan fingerprint density at radius 1 is 1.33 bits per heavy atom. The summed E-state index contributed by atoms with van der Waals surface area (Å²) in [7, 11) is 0. The van der Waals surface area contributed by atoms with Crippen molar-refractivity contribution in [1.29, 1.82) is 0 Å². The van der Waals surface area contributed by atoms with Crippen LogP contribution in [0.2, 0.25) is 5.02 Å². The van der Waals surface area contributed by atoms with E-state index in [4.69, 9.17) is 21.3 Å². The Hall–Kier alpha value is -2.57. The monoisotopic (exact) mass is 423 g/mol. The molecule has 3 aromatic heterocycles. The van der Waals surface area contributed by atoms with E-state index >= 15 is 0 Å². The smallest absolute Gasteiger partial charge is 0.223 e. The molecule has 2 aliphatic heterocycles. The molecule has 2 atom stereocenters. The maximum absolute atomic E-state index is 6.74. The van der Waals surface area contributed by atoms with Gasteiger partial charge in [-0.05, 0) is 38.0 Å². The maximum atomic E-state index is 6.74. The minimum Gasteiger partial charge on any atom is -0.437 e. The number of hydrogen-bond acceptors (Lipinski definition) is 5. The summed E-state index contributed by atoms with van der Waals surface area (Å²) in [5.41, 5.74) is 3.99. The number of aromatic nitrogens is 3. The highest BCUT2D eigenvalue weighted by Gasteiger charge is 2.40. The largest absolute Gasteiger partial charge is 0.437 e. The minimum atomic E-state index is 0.542. The van der Waals surface area contributed by atoms with Gasteiger partial charge < -0.3 is 19.9 Å². The van der Waals surface area contributed by atoms with Gasteiger partial charge in [0.05, 0.1) is 27.8 Å². The van der Waals surface area contributed by atoms with Gasteiger partial charge in [0, 0.05) is 43.4 Å². The van der Waals surface area contributed by atoms with E-state index in [1.165, 1.54) is 0 Å². The Morgan fingerprint density at radius 2 is 2.20 bits per heavy atom. The number of allylic oxidation sites excluding steroid dienone is 1. The molecule has 3 aromatic rings. The molecule has 0 bridgehead atoms. The molecule has 6 nitrogen and oxygen atoms in total. The van der Waals surface area contributed by atoms with Gasteiger partial charge in [0.25, 0.3) is 0 Å². The van der Waals surface area contributed by atoms with E-state index < -0.39 is 0 Å². The normalized spacial score (nSPS) is 20.7. The number of halogens is 1. The Bertz CT molecular complexity index is 1130. The molecule has 7 heteroatoms. The van der Waals surface area contributed by atoms with Crippen LogP contribution in [0.5, 0.6) is 11.6 Å². The van der Waals surface area contributed by atoms with E-state index in [2.05, 4.69) is 27.1 Å². The van der Waals surface area contributed by atoms with E-state index in [1.54, 1.807) is 6.20 Å². The lowest BCUT2D eigenvalue weighted by atomic mass is 9.96. The number of H-pyrrole nitrogens is 1. The van der Waals surface area contributed by atoms with Crippen molar-refractivity contribution < 1.29 is 4.74 Å². The molecule has 0 aromatic carbocycles. The van der Waals surface area contributed by atoms with Crippen LogP contribution < -0.4 is 15.0 Å². The van der Waals surface area contributed by atoms with Crippen molar-refractivity contribution >= 4 is 34.4 Å². The summed E-state index contributed by atoms with van der Waals surface area (Å²) in [6, 6.07) is 4.47. The minimum absolute atomic E-state index is 0.542. The van der Waals surface area contributed by atoms with Gasteiger partial charge in [0.2, 0.25) is 5.88 Å². The average Bonchev–Trinajstić information content (AvgIpc) is 3.19. The van der Waals surface area contributed by atoms with Crippen LogP contribution in [0.1, 0.15) is 30.8 Å². The number of anilines is 1. The lowest BCUT2D eigenvalue weighted by molar-refractivity contribution is 0.297. The van der Waals surface area contributed by atoms with Gasteiger partial charge in [-0.15, -0.1) is 0 Å². The molecule has 0 saturated carbocycles. The Labute approximate surface area is 181 Å². The third kappa shape index (κ3) is 3.24. The predicted octanol–water partition coefficient (Wildman–Crippen LogP) is 4.72. The van der Waals surface area contributed by atoms with Gasteiger partial charge >= 0.3 is 0 Å². The number of nitrogens with zero attached hydrogens (tertiary/aromatic N) is 3. The summed E-state index contributed by atoms with van der Waals surface area (Å²) in [5.74, 6) is 2.80. The molecular weight excluding hydrogens is 398 g/mol. The molecule has 5 heterocycles. The first-order chi connectivity index (χ1) is 14.6. The number of aromatic amines is 1. The summed E-state index contributed by atoms with van der Waals surface area (Å²) in [5, 5.41) is 5.26. The van der Waals surface area contributed by atoms with Gasteiger partial charge in [-0.25, -0.2) is 0 Å². The van der Waals surface area contributed by atoms with Crippen LogP contribution in [-0.4, -0.2) is 40.6 Å². The first kappa shape index (κ1) is 19.4. The van der Waals surface area contributed by atoms with Crippen molar-refractivity contribution in [1.82, 2.24) is 20.3 Å². The molecule has 2 fully saturated rings. The predicted molar refractivity (Wildman–Crippen MR) is 122 cm³/mol. The molecule has 0 spiro atoms. The maximum Gasteiger partial charge on any atom is 0.223 e. The van der Waals surface area contributed by atoms with Crippen LogP contribution >= 0.6 is 11.6 Å². The topological polar surface area (TPSA) is 66.1 Å². The zero-order valence-electron chi connectivity index (χ0n) is 17.5. The van der Waals surface area contributed by atoms with Crippen LogP contribution in [0.4, 0.5) is 5.82 Å². The summed E-state index contributed by atoms with van der Waals surface area (Å²) < 4.78 is 6.15. The summed E-state index contributed by atoms with van der Waals surface area (Å²) in [4.78, 5) is 15.2. The molecule has 156 valence electrons.